The van der Waals surface area contributed by atoms with Crippen molar-refractivity contribution in [2.45, 2.75) is 6.42 Å². The lowest BCUT2D eigenvalue weighted by molar-refractivity contribution is 0.100. The lowest BCUT2D eigenvalue weighted by Crippen LogP contribution is -2.10. The number of primary amides is 1. The Balaban J connectivity index is 2.78. The number of aliphatic hydroxyl groups is 1. The van der Waals surface area contributed by atoms with Gasteiger partial charge in [0.2, 0.25) is 5.91 Å². The molecule has 1 aromatic carbocycles. The third-order valence-electron chi connectivity index (χ3n) is 1.78. The van der Waals surface area contributed by atoms with E-state index in [2.05, 4.69) is 0 Å². The van der Waals surface area contributed by atoms with Crippen LogP contribution in [0.3, 0.4) is 0 Å². The maximum Gasteiger partial charge on any atom is 0.248 e. The molecule has 0 saturated heterocycles. The summed E-state index contributed by atoms with van der Waals surface area (Å²) in [5.74, 6) is -0.428. The van der Waals surface area contributed by atoms with Crippen LogP contribution in [0, 0.1) is 0 Å². The smallest absolute Gasteiger partial charge is 0.248 e. The van der Waals surface area contributed by atoms with Crippen molar-refractivity contribution in [2.75, 3.05) is 6.61 Å². The molecule has 0 aliphatic carbocycles. The van der Waals surface area contributed by atoms with Gasteiger partial charge in [0.1, 0.15) is 0 Å². The van der Waals surface area contributed by atoms with Gasteiger partial charge < -0.3 is 10.8 Å². The van der Waals surface area contributed by atoms with Crippen LogP contribution in [0.1, 0.15) is 22.3 Å². The average Bonchev–Trinajstić information content (AvgIpc) is 2.19. The summed E-state index contributed by atoms with van der Waals surface area (Å²) in [7, 11) is 0. The minimum atomic E-state index is -0.428. The van der Waals surface area contributed by atoms with E-state index in [1.54, 1.807) is 18.2 Å². The summed E-state index contributed by atoms with van der Waals surface area (Å²) in [6, 6.07) is 7.04. The third-order valence-corrected chi connectivity index (χ3v) is 1.78. The molecule has 14 heavy (non-hydrogen) atoms. The number of hydrogen-bond donors (Lipinski definition) is 2. The maximum absolute atomic E-state index is 10.8. The average molecular weight is 191 g/mol. The molecular formula is C11H13NO2. The molecule has 0 fully saturated rings. The zero-order valence-electron chi connectivity index (χ0n) is 7.81. The largest absolute Gasteiger partial charge is 0.396 e. The quantitative estimate of drug-likeness (QED) is 0.750. The van der Waals surface area contributed by atoms with Crippen LogP contribution in [0.4, 0.5) is 0 Å². The van der Waals surface area contributed by atoms with Gasteiger partial charge in [-0.15, -0.1) is 0 Å². The molecule has 0 heterocycles. The minimum Gasteiger partial charge on any atom is -0.396 e. The monoisotopic (exact) mass is 191 g/mol. The van der Waals surface area contributed by atoms with Crippen LogP contribution in [0.25, 0.3) is 6.08 Å². The van der Waals surface area contributed by atoms with Crippen molar-refractivity contribution >= 4 is 12.0 Å². The summed E-state index contributed by atoms with van der Waals surface area (Å²) in [6.07, 6.45) is 4.31. The summed E-state index contributed by atoms with van der Waals surface area (Å²) in [5, 5.41) is 8.56. The van der Waals surface area contributed by atoms with Crippen molar-refractivity contribution < 1.29 is 9.90 Å². The molecule has 0 aliphatic rings. The standard InChI is InChI=1S/C11H13NO2/c12-11(14)10-6-3-5-9(8-10)4-1-2-7-13/h1,3-6,8,13H,2,7H2,(H2,12,14). The molecule has 0 aromatic heterocycles. The van der Waals surface area contributed by atoms with Gasteiger partial charge in [-0.05, 0) is 24.1 Å². The summed E-state index contributed by atoms with van der Waals surface area (Å²) in [5.41, 5.74) is 6.54. The van der Waals surface area contributed by atoms with Crippen LogP contribution in [0.2, 0.25) is 0 Å². The number of aliphatic hydroxyl groups excluding tert-OH is 1. The molecule has 3 N–H and O–H groups in total. The maximum atomic E-state index is 10.8. The normalized spacial score (nSPS) is 10.6. The summed E-state index contributed by atoms with van der Waals surface area (Å²) in [4.78, 5) is 10.8. The van der Waals surface area contributed by atoms with Gasteiger partial charge in [0, 0.05) is 12.2 Å². The third kappa shape index (κ3) is 3.03. The number of amides is 1. The van der Waals surface area contributed by atoms with Crippen molar-refractivity contribution in [1.29, 1.82) is 0 Å². The van der Waals surface area contributed by atoms with Gasteiger partial charge >= 0.3 is 0 Å². The minimum absolute atomic E-state index is 0.131. The number of carbonyl (C=O) groups is 1. The van der Waals surface area contributed by atoms with E-state index in [1.807, 2.05) is 18.2 Å². The molecule has 0 saturated carbocycles. The van der Waals surface area contributed by atoms with Crippen molar-refractivity contribution in [3.05, 3.63) is 41.5 Å². The number of carbonyl (C=O) groups excluding carboxylic acids is 1. The van der Waals surface area contributed by atoms with Crippen LogP contribution in [-0.4, -0.2) is 17.6 Å². The fourth-order valence-electron chi connectivity index (χ4n) is 1.09. The molecule has 0 unspecified atom stereocenters. The van der Waals surface area contributed by atoms with E-state index in [9.17, 15) is 4.79 Å². The lowest BCUT2D eigenvalue weighted by atomic mass is 10.1. The molecular weight excluding hydrogens is 178 g/mol. The highest BCUT2D eigenvalue weighted by Crippen LogP contribution is 2.06. The van der Waals surface area contributed by atoms with Gasteiger partial charge in [-0.1, -0.05) is 24.3 Å². The van der Waals surface area contributed by atoms with Gasteiger partial charge in [-0.3, -0.25) is 4.79 Å². The molecule has 3 nitrogen and oxygen atoms in total. The molecule has 0 radical (unpaired) electrons. The summed E-state index contributed by atoms with van der Waals surface area (Å²) in [6.45, 7) is 0.131. The zero-order valence-corrected chi connectivity index (χ0v) is 7.81. The Labute approximate surface area is 82.9 Å². The van der Waals surface area contributed by atoms with E-state index in [4.69, 9.17) is 10.8 Å². The predicted molar refractivity (Wildman–Crippen MR) is 55.7 cm³/mol. The fraction of sp³-hybridized carbons (Fsp3) is 0.182. The molecule has 1 aromatic rings. The Morgan fingerprint density at radius 2 is 2.29 bits per heavy atom. The van der Waals surface area contributed by atoms with Gasteiger partial charge in [0.05, 0.1) is 0 Å². The molecule has 0 atom stereocenters. The van der Waals surface area contributed by atoms with E-state index < -0.39 is 5.91 Å². The van der Waals surface area contributed by atoms with E-state index >= 15 is 0 Å². The Hall–Kier alpha value is -1.61. The Morgan fingerprint density at radius 1 is 1.50 bits per heavy atom. The van der Waals surface area contributed by atoms with Crippen LogP contribution < -0.4 is 5.73 Å². The first-order chi connectivity index (χ1) is 6.74. The van der Waals surface area contributed by atoms with Gasteiger partial charge in [-0.25, -0.2) is 0 Å². The van der Waals surface area contributed by atoms with Crippen LogP contribution in [0.15, 0.2) is 30.3 Å². The second-order valence-corrected chi connectivity index (χ2v) is 2.90. The van der Waals surface area contributed by atoms with Gasteiger partial charge in [0.15, 0.2) is 0 Å². The number of rotatable bonds is 4. The predicted octanol–water partition coefficient (Wildman–Crippen LogP) is 1.18. The first kappa shape index (κ1) is 10.5. The van der Waals surface area contributed by atoms with E-state index in [-0.39, 0.29) is 6.61 Å². The Kier molecular flexibility index (Phi) is 3.88. The topological polar surface area (TPSA) is 63.3 Å². The van der Waals surface area contributed by atoms with Gasteiger partial charge in [-0.2, -0.15) is 0 Å². The summed E-state index contributed by atoms with van der Waals surface area (Å²) < 4.78 is 0. The molecule has 0 bridgehead atoms. The van der Waals surface area contributed by atoms with Crippen molar-refractivity contribution in [2.24, 2.45) is 5.73 Å². The lowest BCUT2D eigenvalue weighted by Gasteiger charge is -1.97. The summed E-state index contributed by atoms with van der Waals surface area (Å²) >= 11 is 0. The number of nitrogens with two attached hydrogens (primary N) is 1. The first-order valence-electron chi connectivity index (χ1n) is 4.41. The second kappa shape index (κ2) is 5.19. The highest BCUT2D eigenvalue weighted by atomic mass is 16.2. The number of hydrogen-bond acceptors (Lipinski definition) is 2. The first-order valence-corrected chi connectivity index (χ1v) is 4.41. The second-order valence-electron chi connectivity index (χ2n) is 2.90. The molecule has 3 heteroatoms. The highest BCUT2D eigenvalue weighted by molar-refractivity contribution is 5.93. The van der Waals surface area contributed by atoms with Crippen molar-refractivity contribution in [1.82, 2.24) is 0 Å². The zero-order chi connectivity index (χ0) is 10.4. The van der Waals surface area contributed by atoms with E-state index in [0.717, 1.165) is 5.56 Å². The Morgan fingerprint density at radius 3 is 2.93 bits per heavy atom. The van der Waals surface area contributed by atoms with Gasteiger partial charge in [0.25, 0.3) is 0 Å². The molecule has 74 valence electrons. The van der Waals surface area contributed by atoms with E-state index in [1.165, 1.54) is 0 Å². The highest BCUT2D eigenvalue weighted by Gasteiger charge is 1.98. The molecule has 1 amide bonds. The fourth-order valence-corrected chi connectivity index (χ4v) is 1.09. The van der Waals surface area contributed by atoms with Crippen LogP contribution in [0.5, 0.6) is 0 Å². The SMILES string of the molecule is NC(=O)c1cccc(C=CCCO)c1. The van der Waals surface area contributed by atoms with Crippen molar-refractivity contribution in [3.63, 3.8) is 0 Å². The van der Waals surface area contributed by atoms with Crippen LogP contribution >= 0.6 is 0 Å². The molecule has 0 spiro atoms. The molecule has 1 rings (SSSR count). The van der Waals surface area contributed by atoms with E-state index in [0.29, 0.717) is 12.0 Å². The van der Waals surface area contributed by atoms with Crippen LogP contribution in [-0.2, 0) is 0 Å². The molecule has 0 aliphatic heterocycles. The van der Waals surface area contributed by atoms with Crippen molar-refractivity contribution in [3.8, 4) is 0 Å². The number of benzene rings is 1. The Bertz CT molecular complexity index is 345.